The van der Waals surface area contributed by atoms with Crippen LogP contribution in [-0.2, 0) is 30.7 Å². The Labute approximate surface area is 196 Å². The summed E-state index contributed by atoms with van der Waals surface area (Å²) in [5, 5.41) is 9.09. The highest BCUT2D eigenvalue weighted by molar-refractivity contribution is 9.11. The maximum Gasteiger partial charge on any atom is 0.262 e. The molecule has 11 heteroatoms. The fraction of sp³-hybridized carbons (Fsp3) is 0.286. The number of rotatable bonds is 10. The molecule has 0 fully saturated rings. The predicted octanol–water partition coefficient (Wildman–Crippen LogP) is 2.63. The molecule has 0 aliphatic carbocycles. The standard InChI is InChI=1S/C21H24BrN7O2S/c1-17(22)12-29(32(30,31)21-14-26(2)16-25-21)9-8-28(13-20-11-24-15-27(20)3)19-6-4-18(10-23)5-7-19/h4-7,11,14-16H,1,8-9,12-13H2,2-3H3. The number of anilines is 1. The Bertz CT molecular complexity index is 1230. The third kappa shape index (κ3) is 5.64. The Balaban J connectivity index is 1.87. The molecule has 0 spiro atoms. The number of aryl methyl sites for hydroxylation is 2. The topological polar surface area (TPSA) is 100 Å². The molecular formula is C21H24BrN7O2S. The van der Waals surface area contributed by atoms with Crippen molar-refractivity contribution in [2.75, 3.05) is 24.5 Å². The molecule has 168 valence electrons. The predicted molar refractivity (Wildman–Crippen MR) is 125 cm³/mol. The lowest BCUT2D eigenvalue weighted by Crippen LogP contribution is -2.39. The third-order valence-corrected chi connectivity index (χ3v) is 6.87. The van der Waals surface area contributed by atoms with Crippen LogP contribution in [0.5, 0.6) is 0 Å². The van der Waals surface area contributed by atoms with E-state index in [-0.39, 0.29) is 18.1 Å². The highest BCUT2D eigenvalue weighted by atomic mass is 79.9. The summed E-state index contributed by atoms with van der Waals surface area (Å²) >= 11 is 3.29. The van der Waals surface area contributed by atoms with Crippen molar-refractivity contribution >= 4 is 31.6 Å². The van der Waals surface area contributed by atoms with Gasteiger partial charge in [-0.15, -0.1) is 0 Å². The Morgan fingerprint density at radius 2 is 1.94 bits per heavy atom. The second kappa shape index (κ2) is 10.1. The maximum atomic E-state index is 13.2. The number of aromatic nitrogens is 4. The molecule has 9 nitrogen and oxygen atoms in total. The first-order chi connectivity index (χ1) is 15.2. The van der Waals surface area contributed by atoms with Crippen molar-refractivity contribution in [1.29, 1.82) is 5.26 Å². The zero-order valence-electron chi connectivity index (χ0n) is 17.9. The molecule has 0 N–H and O–H groups in total. The summed E-state index contributed by atoms with van der Waals surface area (Å²) in [7, 11) is -0.180. The van der Waals surface area contributed by atoms with Crippen LogP contribution in [0.15, 0.2) is 65.4 Å². The molecule has 2 heterocycles. The van der Waals surface area contributed by atoms with Crippen LogP contribution in [0.2, 0.25) is 0 Å². The number of hydrogen-bond acceptors (Lipinski definition) is 6. The van der Waals surface area contributed by atoms with Crippen molar-refractivity contribution in [3.8, 4) is 6.07 Å². The fourth-order valence-corrected chi connectivity index (χ4v) is 5.00. The van der Waals surface area contributed by atoms with Crippen LogP contribution < -0.4 is 4.90 Å². The lowest BCUT2D eigenvalue weighted by molar-refractivity contribution is 0.440. The SMILES string of the molecule is C=C(Br)CN(CCN(Cc1cncn1C)c1ccc(C#N)cc1)S(=O)(=O)c1cn(C)cn1. The molecule has 0 radical (unpaired) electrons. The van der Waals surface area contributed by atoms with Crippen molar-refractivity contribution in [2.24, 2.45) is 14.1 Å². The Morgan fingerprint density at radius 3 is 2.47 bits per heavy atom. The number of imidazole rings is 2. The molecule has 2 aromatic heterocycles. The maximum absolute atomic E-state index is 13.2. The second-order valence-corrected chi connectivity index (χ2v) is 10.3. The van der Waals surface area contributed by atoms with E-state index < -0.39 is 10.0 Å². The van der Waals surface area contributed by atoms with E-state index in [4.69, 9.17) is 5.26 Å². The number of nitrogens with zero attached hydrogens (tertiary/aromatic N) is 7. The van der Waals surface area contributed by atoms with Gasteiger partial charge in [-0.25, -0.2) is 18.4 Å². The molecular weight excluding hydrogens is 494 g/mol. The highest BCUT2D eigenvalue weighted by Gasteiger charge is 2.27. The van der Waals surface area contributed by atoms with Gasteiger partial charge in [-0.05, 0) is 24.3 Å². The summed E-state index contributed by atoms with van der Waals surface area (Å²) in [6.45, 7) is 5.07. The first-order valence-electron chi connectivity index (χ1n) is 9.72. The lowest BCUT2D eigenvalue weighted by atomic mass is 10.2. The molecule has 1 aromatic carbocycles. The van der Waals surface area contributed by atoms with E-state index in [1.807, 2.05) is 23.7 Å². The van der Waals surface area contributed by atoms with Gasteiger partial charge in [0.25, 0.3) is 10.0 Å². The van der Waals surface area contributed by atoms with Crippen molar-refractivity contribution in [2.45, 2.75) is 11.6 Å². The van der Waals surface area contributed by atoms with Crippen LogP contribution in [-0.4, -0.2) is 51.5 Å². The third-order valence-electron chi connectivity index (χ3n) is 4.88. The minimum absolute atomic E-state index is 0.00897. The second-order valence-electron chi connectivity index (χ2n) is 7.31. The van der Waals surface area contributed by atoms with Gasteiger partial charge in [-0.3, -0.25) is 0 Å². The summed E-state index contributed by atoms with van der Waals surface area (Å²) in [5.41, 5.74) is 2.40. The van der Waals surface area contributed by atoms with Crippen LogP contribution >= 0.6 is 15.9 Å². The molecule has 0 aliphatic rings. The van der Waals surface area contributed by atoms with Crippen LogP contribution in [0, 0.1) is 11.3 Å². The van der Waals surface area contributed by atoms with E-state index in [0.717, 1.165) is 11.4 Å². The number of benzene rings is 1. The molecule has 3 aromatic rings. The lowest BCUT2D eigenvalue weighted by Gasteiger charge is -2.28. The Hall–Kier alpha value is -2.94. The van der Waals surface area contributed by atoms with E-state index >= 15 is 0 Å². The average molecular weight is 518 g/mol. The van der Waals surface area contributed by atoms with Crippen molar-refractivity contribution < 1.29 is 8.42 Å². The van der Waals surface area contributed by atoms with Gasteiger partial charge in [0.2, 0.25) is 0 Å². The van der Waals surface area contributed by atoms with Gasteiger partial charge >= 0.3 is 0 Å². The van der Waals surface area contributed by atoms with Crippen LogP contribution in [0.3, 0.4) is 0 Å². The van der Waals surface area contributed by atoms with E-state index in [0.29, 0.717) is 23.1 Å². The first kappa shape index (κ1) is 23.7. The van der Waals surface area contributed by atoms with Crippen molar-refractivity contribution in [3.63, 3.8) is 0 Å². The van der Waals surface area contributed by atoms with E-state index in [1.165, 1.54) is 16.8 Å². The van der Waals surface area contributed by atoms with E-state index in [1.54, 1.807) is 36.3 Å². The normalized spacial score (nSPS) is 11.5. The summed E-state index contributed by atoms with van der Waals surface area (Å²) < 4.78 is 31.8. The Morgan fingerprint density at radius 1 is 1.22 bits per heavy atom. The van der Waals surface area contributed by atoms with Gasteiger partial charge in [0.15, 0.2) is 5.03 Å². The Kier molecular flexibility index (Phi) is 7.50. The zero-order valence-corrected chi connectivity index (χ0v) is 20.3. The number of nitriles is 1. The molecule has 0 aliphatic heterocycles. The van der Waals surface area contributed by atoms with Crippen LogP contribution in [0.1, 0.15) is 11.3 Å². The molecule has 0 saturated carbocycles. The molecule has 0 saturated heterocycles. The molecule has 32 heavy (non-hydrogen) atoms. The van der Waals surface area contributed by atoms with Gasteiger partial charge in [0, 0.05) is 56.3 Å². The summed E-state index contributed by atoms with van der Waals surface area (Å²) in [6.07, 6.45) is 6.44. The summed E-state index contributed by atoms with van der Waals surface area (Å²) in [6, 6.07) is 9.32. The monoisotopic (exact) mass is 517 g/mol. The van der Waals surface area contributed by atoms with Crippen LogP contribution in [0.4, 0.5) is 5.69 Å². The van der Waals surface area contributed by atoms with Gasteiger partial charge < -0.3 is 14.0 Å². The minimum Gasteiger partial charge on any atom is -0.364 e. The molecule has 0 atom stereocenters. The largest absolute Gasteiger partial charge is 0.364 e. The van der Waals surface area contributed by atoms with Crippen LogP contribution in [0.25, 0.3) is 0 Å². The molecule has 0 amide bonds. The quantitative estimate of drug-likeness (QED) is 0.409. The van der Waals surface area contributed by atoms with E-state index in [2.05, 4.69) is 43.4 Å². The van der Waals surface area contributed by atoms with Gasteiger partial charge in [-0.2, -0.15) is 9.57 Å². The molecule has 3 rings (SSSR count). The van der Waals surface area contributed by atoms with E-state index in [9.17, 15) is 8.42 Å². The molecule has 0 unspecified atom stereocenters. The van der Waals surface area contributed by atoms with Crippen molar-refractivity contribution in [1.82, 2.24) is 23.4 Å². The smallest absolute Gasteiger partial charge is 0.262 e. The van der Waals surface area contributed by atoms with Gasteiger partial charge in [0.1, 0.15) is 0 Å². The fourth-order valence-electron chi connectivity index (χ4n) is 3.14. The zero-order chi connectivity index (χ0) is 23.3. The van der Waals surface area contributed by atoms with Crippen molar-refractivity contribution in [3.05, 3.63) is 71.6 Å². The minimum atomic E-state index is -3.81. The summed E-state index contributed by atoms with van der Waals surface area (Å²) in [5.74, 6) is 0. The first-order valence-corrected chi connectivity index (χ1v) is 12.0. The van der Waals surface area contributed by atoms with Gasteiger partial charge in [-0.1, -0.05) is 22.5 Å². The number of halogens is 1. The average Bonchev–Trinajstić information content (AvgIpc) is 3.38. The molecule has 0 bridgehead atoms. The number of sulfonamides is 1. The summed E-state index contributed by atoms with van der Waals surface area (Å²) in [4.78, 5) is 10.2. The highest BCUT2D eigenvalue weighted by Crippen LogP contribution is 2.21. The van der Waals surface area contributed by atoms with Gasteiger partial charge in [0.05, 0.1) is 36.5 Å². The number of hydrogen-bond donors (Lipinski definition) is 0.